The van der Waals surface area contributed by atoms with Crippen molar-refractivity contribution in [1.82, 2.24) is 15.5 Å². The first-order chi connectivity index (χ1) is 17.7. The maximum Gasteiger partial charge on any atom is 0.408 e. The van der Waals surface area contributed by atoms with E-state index in [9.17, 15) is 14.4 Å². The highest BCUT2D eigenvalue weighted by Gasteiger charge is 2.38. The number of nitrogens with zero attached hydrogens (tertiary/aromatic N) is 1. The predicted octanol–water partition coefficient (Wildman–Crippen LogP) is 5.84. The van der Waals surface area contributed by atoms with Crippen LogP contribution in [-0.2, 0) is 20.9 Å². The molecule has 0 aromatic heterocycles. The number of amides is 3. The Bertz CT molecular complexity index is 1070. The van der Waals surface area contributed by atoms with Gasteiger partial charge in [-0.1, -0.05) is 73.5 Å². The van der Waals surface area contributed by atoms with Crippen LogP contribution in [0, 0.1) is 19.8 Å². The molecule has 2 aromatic rings. The van der Waals surface area contributed by atoms with Crippen LogP contribution in [0.15, 0.2) is 48.5 Å². The molecule has 0 bridgehead atoms. The number of rotatable bonds is 10. The van der Waals surface area contributed by atoms with Crippen LogP contribution in [0.4, 0.5) is 4.79 Å². The average molecular weight is 524 g/mol. The van der Waals surface area contributed by atoms with E-state index in [1.807, 2.05) is 90.1 Å². The summed E-state index contributed by atoms with van der Waals surface area (Å²) in [5.74, 6) is -0.473. The van der Waals surface area contributed by atoms with Crippen LogP contribution in [0.5, 0.6) is 0 Å². The molecule has 2 unspecified atom stereocenters. The monoisotopic (exact) mass is 523 g/mol. The number of benzene rings is 2. The summed E-state index contributed by atoms with van der Waals surface area (Å²) in [5.41, 5.74) is 3.00. The molecule has 0 aliphatic heterocycles. The zero-order valence-electron chi connectivity index (χ0n) is 24.4. The average Bonchev–Trinajstić information content (AvgIpc) is 2.78. The molecule has 2 N–H and O–H groups in total. The van der Waals surface area contributed by atoms with E-state index < -0.39 is 23.8 Å². The normalized spacial score (nSPS) is 13.1. The van der Waals surface area contributed by atoms with Crippen LogP contribution in [0.2, 0.25) is 0 Å². The molecule has 0 saturated carbocycles. The minimum atomic E-state index is -0.875. The zero-order valence-corrected chi connectivity index (χ0v) is 24.4. The van der Waals surface area contributed by atoms with Gasteiger partial charge in [0.25, 0.3) is 0 Å². The summed E-state index contributed by atoms with van der Waals surface area (Å²) < 4.78 is 5.45. The summed E-state index contributed by atoms with van der Waals surface area (Å²) in [4.78, 5) is 42.3. The Morgan fingerprint density at radius 1 is 0.921 bits per heavy atom. The Morgan fingerprint density at radius 2 is 1.50 bits per heavy atom. The van der Waals surface area contributed by atoms with Gasteiger partial charge in [-0.3, -0.25) is 9.59 Å². The highest BCUT2D eigenvalue weighted by atomic mass is 16.6. The van der Waals surface area contributed by atoms with Crippen molar-refractivity contribution in [1.29, 1.82) is 0 Å². The van der Waals surface area contributed by atoms with Gasteiger partial charge in [0.05, 0.1) is 0 Å². The number of carbonyl (C=O) groups excluding carboxylic acids is 3. The largest absolute Gasteiger partial charge is 0.444 e. The number of carbonyl (C=O) groups is 3. The SMILES string of the molecule is Cc1cc(C)cc(C(C(=O)NCc2ccccc2)N(C(=O)C(CC(C)C)NC(=O)OC(C)(C)C)C(C)C)c1. The molecule has 2 aromatic carbocycles. The van der Waals surface area contributed by atoms with Crippen molar-refractivity contribution >= 4 is 17.9 Å². The van der Waals surface area contributed by atoms with Gasteiger partial charge in [-0.15, -0.1) is 0 Å². The molecule has 2 atom stereocenters. The van der Waals surface area contributed by atoms with Gasteiger partial charge < -0.3 is 20.3 Å². The van der Waals surface area contributed by atoms with Gasteiger partial charge in [0.15, 0.2) is 0 Å². The first-order valence-electron chi connectivity index (χ1n) is 13.4. The lowest BCUT2D eigenvalue weighted by atomic mass is 9.96. The lowest BCUT2D eigenvalue weighted by Gasteiger charge is -2.37. The fourth-order valence-electron chi connectivity index (χ4n) is 4.49. The summed E-state index contributed by atoms with van der Waals surface area (Å²) in [5, 5.41) is 5.82. The van der Waals surface area contributed by atoms with Gasteiger partial charge in [-0.05, 0) is 71.9 Å². The molecule has 208 valence electrons. The van der Waals surface area contributed by atoms with Crippen LogP contribution in [0.3, 0.4) is 0 Å². The van der Waals surface area contributed by atoms with Gasteiger partial charge in [0, 0.05) is 12.6 Å². The third-order valence-corrected chi connectivity index (χ3v) is 5.90. The Morgan fingerprint density at radius 3 is 2.00 bits per heavy atom. The van der Waals surface area contributed by atoms with Crippen molar-refractivity contribution in [3.05, 3.63) is 70.8 Å². The molecule has 38 heavy (non-hydrogen) atoms. The molecule has 0 aliphatic rings. The summed E-state index contributed by atoms with van der Waals surface area (Å²) in [7, 11) is 0. The van der Waals surface area contributed by atoms with E-state index in [2.05, 4.69) is 10.6 Å². The third kappa shape index (κ3) is 9.51. The Hall–Kier alpha value is -3.35. The molecular formula is C31H45N3O4. The summed E-state index contributed by atoms with van der Waals surface area (Å²) >= 11 is 0. The number of hydrogen-bond donors (Lipinski definition) is 2. The van der Waals surface area contributed by atoms with Crippen molar-refractivity contribution < 1.29 is 19.1 Å². The number of ether oxygens (including phenoxy) is 1. The lowest BCUT2D eigenvalue weighted by Crippen LogP contribution is -2.55. The van der Waals surface area contributed by atoms with E-state index in [0.717, 1.165) is 22.3 Å². The number of nitrogens with one attached hydrogen (secondary N) is 2. The second kappa shape index (κ2) is 13.4. The molecule has 0 heterocycles. The van der Waals surface area contributed by atoms with Crippen LogP contribution >= 0.6 is 0 Å². The number of aryl methyl sites for hydroxylation is 2. The fourth-order valence-corrected chi connectivity index (χ4v) is 4.49. The maximum atomic E-state index is 14.2. The van der Waals surface area contributed by atoms with E-state index in [1.165, 1.54) is 0 Å². The fraction of sp³-hybridized carbons (Fsp3) is 0.516. The van der Waals surface area contributed by atoms with Gasteiger partial charge in [-0.25, -0.2) is 4.79 Å². The second-order valence-electron chi connectivity index (χ2n) is 11.7. The summed E-state index contributed by atoms with van der Waals surface area (Å²) in [6.07, 6.45) is -0.247. The number of alkyl carbamates (subject to hydrolysis) is 1. The minimum Gasteiger partial charge on any atom is -0.444 e. The quantitative estimate of drug-likeness (QED) is 0.410. The van der Waals surface area contributed by atoms with Gasteiger partial charge in [0.2, 0.25) is 11.8 Å². The predicted molar refractivity (Wildman–Crippen MR) is 152 cm³/mol. The van der Waals surface area contributed by atoms with Crippen molar-refractivity contribution in [2.75, 3.05) is 0 Å². The van der Waals surface area contributed by atoms with Crippen LogP contribution in [-0.4, -0.2) is 40.5 Å². The highest BCUT2D eigenvalue weighted by molar-refractivity contribution is 5.92. The lowest BCUT2D eigenvalue weighted by molar-refractivity contribution is -0.145. The topological polar surface area (TPSA) is 87.7 Å². The molecule has 2 rings (SSSR count). The van der Waals surface area contributed by atoms with Crippen molar-refractivity contribution in [2.24, 2.45) is 5.92 Å². The highest BCUT2D eigenvalue weighted by Crippen LogP contribution is 2.28. The Balaban J connectivity index is 2.49. The first-order valence-corrected chi connectivity index (χ1v) is 13.4. The van der Waals surface area contributed by atoms with Crippen LogP contribution in [0.25, 0.3) is 0 Å². The standard InChI is InChI=1S/C31H45N3O4/c1-20(2)15-26(33-30(37)38-31(7,8)9)29(36)34(21(3)4)27(25-17-22(5)16-23(6)18-25)28(35)32-19-24-13-11-10-12-14-24/h10-14,16-18,20-21,26-27H,15,19H2,1-9H3,(H,32,35)(H,33,37). The van der Waals surface area contributed by atoms with Crippen LogP contribution < -0.4 is 10.6 Å². The molecule has 0 spiro atoms. The minimum absolute atomic E-state index is 0.125. The summed E-state index contributed by atoms with van der Waals surface area (Å²) in [6.45, 7) is 17.4. The van der Waals surface area contributed by atoms with Crippen LogP contribution in [0.1, 0.15) is 83.2 Å². The first kappa shape index (κ1) is 30.9. The van der Waals surface area contributed by atoms with Gasteiger partial charge in [-0.2, -0.15) is 0 Å². The van der Waals surface area contributed by atoms with E-state index in [1.54, 1.807) is 25.7 Å². The zero-order chi connectivity index (χ0) is 28.6. The molecule has 0 fully saturated rings. The molecule has 7 heteroatoms. The molecular weight excluding hydrogens is 478 g/mol. The molecule has 7 nitrogen and oxygen atoms in total. The van der Waals surface area contributed by atoms with E-state index in [4.69, 9.17) is 4.74 Å². The second-order valence-corrected chi connectivity index (χ2v) is 11.7. The van der Waals surface area contributed by atoms with E-state index in [0.29, 0.717) is 13.0 Å². The van der Waals surface area contributed by atoms with Gasteiger partial charge in [0.1, 0.15) is 17.7 Å². The Labute approximate surface area is 228 Å². The molecule has 0 radical (unpaired) electrons. The molecule has 0 saturated heterocycles. The van der Waals surface area contributed by atoms with Crippen molar-refractivity contribution in [3.8, 4) is 0 Å². The van der Waals surface area contributed by atoms with E-state index >= 15 is 0 Å². The molecule has 0 aliphatic carbocycles. The Kier molecular flexibility index (Phi) is 10.9. The maximum absolute atomic E-state index is 14.2. The number of hydrogen-bond acceptors (Lipinski definition) is 4. The van der Waals surface area contributed by atoms with E-state index in [-0.39, 0.29) is 23.8 Å². The third-order valence-electron chi connectivity index (χ3n) is 5.90. The smallest absolute Gasteiger partial charge is 0.408 e. The van der Waals surface area contributed by atoms with Crippen molar-refractivity contribution in [2.45, 2.75) is 99.0 Å². The van der Waals surface area contributed by atoms with Gasteiger partial charge >= 0.3 is 6.09 Å². The van der Waals surface area contributed by atoms with Crippen molar-refractivity contribution in [3.63, 3.8) is 0 Å². The molecule has 3 amide bonds. The summed E-state index contributed by atoms with van der Waals surface area (Å²) in [6, 6.07) is 13.6.